The van der Waals surface area contributed by atoms with Gasteiger partial charge in [0, 0.05) is 39.3 Å². The first-order valence-corrected chi connectivity index (χ1v) is 18.7. The molecule has 0 amide bonds. The van der Waals surface area contributed by atoms with Crippen molar-refractivity contribution in [3.05, 3.63) is 0 Å². The average molecular weight is 634 g/mol. The highest BCUT2D eigenvalue weighted by Gasteiger charge is 2.54. The Morgan fingerprint density at radius 2 is 0.714 bits per heavy atom. The zero-order valence-corrected chi connectivity index (χ0v) is 22.7. The summed E-state index contributed by atoms with van der Waals surface area (Å²) in [4.78, 5) is 106. The van der Waals surface area contributed by atoms with E-state index in [0.717, 1.165) is 0 Å². The maximum Gasteiger partial charge on any atom is 0.538 e. The quantitative estimate of drug-likeness (QED) is 0.116. The van der Waals surface area contributed by atoms with Gasteiger partial charge in [-0.25, -0.2) is 4.90 Å². The molecule has 0 bridgehead atoms. The van der Waals surface area contributed by atoms with Crippen LogP contribution in [0.4, 0.5) is 0 Å². The van der Waals surface area contributed by atoms with Crippen molar-refractivity contribution in [2.45, 2.75) is 16.6 Å². The molecule has 1 saturated heterocycles. The summed E-state index contributed by atoms with van der Waals surface area (Å²) in [7, 11) is -31.8. The van der Waals surface area contributed by atoms with Gasteiger partial charge in [0.1, 0.15) is 0 Å². The molecule has 0 aromatic heterocycles. The number of hydrogen-bond donors (Lipinski definition) is 11. The molecule has 0 spiro atoms. The fraction of sp³-hybridized carbons (Fsp3) is 1.00. The van der Waals surface area contributed by atoms with Crippen LogP contribution < -0.4 is 0 Å². The van der Waals surface area contributed by atoms with Crippen molar-refractivity contribution in [3.63, 3.8) is 0 Å². The molecule has 0 aromatic carbocycles. The van der Waals surface area contributed by atoms with Gasteiger partial charge in [0.05, 0.1) is 0 Å². The van der Waals surface area contributed by atoms with Crippen LogP contribution in [0.15, 0.2) is 0 Å². The summed E-state index contributed by atoms with van der Waals surface area (Å²) in [6, 6.07) is 0. The molecule has 2 atom stereocenters. The van der Waals surface area contributed by atoms with E-state index in [4.69, 9.17) is 0 Å². The van der Waals surface area contributed by atoms with Gasteiger partial charge in [-0.2, -0.15) is 4.89 Å². The molecular weight excluding hydrogens is 608 g/mol. The third-order valence-electron chi connectivity index (χ3n) is 4.70. The molecule has 0 radical (unpaired) electrons. The van der Waals surface area contributed by atoms with Gasteiger partial charge in [0.15, 0.2) is 0 Å². The van der Waals surface area contributed by atoms with Crippen molar-refractivity contribution < 1.29 is 81.2 Å². The Balaban J connectivity index is 3.66. The molecule has 1 heterocycles. The second-order valence-corrected chi connectivity index (χ2v) is 18.0. The van der Waals surface area contributed by atoms with Crippen LogP contribution in [0.5, 0.6) is 0 Å². The molecule has 0 aromatic rings. The van der Waals surface area contributed by atoms with Crippen LogP contribution in [0, 0.1) is 0 Å². The Morgan fingerprint density at radius 3 is 0.886 bits per heavy atom. The smallest absolute Gasteiger partial charge is 0.323 e. The third-order valence-corrected chi connectivity index (χ3v) is 15.2. The lowest BCUT2D eigenvalue weighted by molar-refractivity contribution is 0.184. The van der Waals surface area contributed by atoms with E-state index in [9.17, 15) is 81.2 Å². The van der Waals surface area contributed by atoms with Crippen LogP contribution >= 0.6 is 46.0 Å². The topological polar surface area (TPSA) is 335 Å². The lowest BCUT2D eigenvalue weighted by Gasteiger charge is -2.35. The second kappa shape index (κ2) is 11.8. The van der Waals surface area contributed by atoms with Crippen LogP contribution in [-0.2, 0) is 27.4 Å². The minimum atomic E-state index is -5.66. The van der Waals surface area contributed by atoms with Gasteiger partial charge in [0.25, 0.3) is 0 Å². The van der Waals surface area contributed by atoms with E-state index in [0.29, 0.717) is 14.7 Å². The molecule has 26 heteroatoms. The highest BCUT2D eigenvalue weighted by Crippen LogP contribution is 2.63. The van der Waals surface area contributed by atoms with Crippen molar-refractivity contribution in [1.29, 1.82) is 0 Å². The second-order valence-electron chi connectivity index (χ2n) is 7.40. The van der Waals surface area contributed by atoms with Crippen LogP contribution in [0.2, 0.25) is 0 Å². The first-order valence-electron chi connectivity index (χ1n) is 9.02. The molecule has 1 aliphatic rings. The monoisotopic (exact) mass is 634 g/mol. The Kier molecular flexibility index (Phi) is 11.4. The predicted molar refractivity (Wildman–Crippen MR) is 116 cm³/mol. The first kappa shape index (κ1) is 33.7. The Bertz CT molecular complexity index is 905. The highest BCUT2D eigenvalue weighted by molar-refractivity contribution is 7.71. The van der Waals surface area contributed by atoms with Gasteiger partial charge in [-0.05, 0) is 4.57 Å². The van der Waals surface area contributed by atoms with Crippen molar-refractivity contribution in [2.75, 3.05) is 39.3 Å². The minimum absolute atomic E-state index is 0.407. The average Bonchev–Trinajstić information content (AvgIpc) is 2.61. The first-order chi connectivity index (χ1) is 15.4. The van der Waals surface area contributed by atoms with E-state index in [1.165, 1.54) is 0 Å². The van der Waals surface area contributed by atoms with Crippen LogP contribution in [0.25, 0.3) is 0 Å². The molecule has 0 aliphatic carbocycles. The normalized spacial score (nSPS) is 21.0. The van der Waals surface area contributed by atoms with Crippen LogP contribution in [0.3, 0.4) is 0 Å². The fourth-order valence-corrected chi connectivity index (χ4v) is 11.5. The molecule has 2 unspecified atom stereocenters. The fourth-order valence-electron chi connectivity index (χ4n) is 3.52. The molecule has 1 aliphatic heterocycles. The van der Waals surface area contributed by atoms with Crippen LogP contribution in [0.1, 0.15) is 0 Å². The molecular formula is C9H26N3O17P6+. The number of nitrogens with zero attached hydrogens (tertiary/aromatic N) is 3. The summed E-state index contributed by atoms with van der Waals surface area (Å²) in [6.45, 7) is -4.81. The predicted octanol–water partition coefficient (Wildman–Crippen LogP) is -2.62. The highest BCUT2D eigenvalue weighted by atomic mass is 31.2. The number of hydrogen-bond acceptors (Lipinski definition) is 9. The SMILES string of the molecule is O=[P+](O)C(N1CCN(C(P(=O)(O)O)P(=O)(O)O)CCN(C(P(=O)(O)O)P(=O)(O)O)CC1)P(=O)(O)O. The molecule has 1 rings (SSSR count). The number of rotatable bonds is 9. The standard InChI is InChI=1S/C9H25N3O17P6/c13-30(14)7(31(15,16)17)10-1-3-11(8(32(18,19)20)33(21,22)23)5-6-12(4-2-10)9(34(24,25)26)35(27,28)29/h7-9H,1-6H2,(H10-,13,14,15,16,17,18,19,20,21,22,23,24,25,26,27,28,29)/p+1. The summed E-state index contributed by atoms with van der Waals surface area (Å²) >= 11 is 0. The third kappa shape index (κ3) is 9.74. The van der Waals surface area contributed by atoms with Crippen LogP contribution in [-0.4, -0.2) is 124 Å². The van der Waals surface area contributed by atoms with E-state index >= 15 is 0 Å². The largest absolute Gasteiger partial charge is 0.538 e. The maximum atomic E-state index is 11.9. The Hall–Kier alpha value is 0.690. The van der Waals surface area contributed by atoms with Gasteiger partial charge in [0.2, 0.25) is 11.0 Å². The van der Waals surface area contributed by atoms with Gasteiger partial charge in [-0.3, -0.25) is 32.6 Å². The summed E-state index contributed by atoms with van der Waals surface area (Å²) in [6.07, 6.45) is 0. The maximum absolute atomic E-state index is 11.9. The molecule has 0 saturated carbocycles. The van der Waals surface area contributed by atoms with Crippen molar-refractivity contribution in [2.24, 2.45) is 0 Å². The summed E-state index contributed by atoms with van der Waals surface area (Å²) in [5.41, 5.74) is -8.17. The van der Waals surface area contributed by atoms with Crippen molar-refractivity contribution in [3.8, 4) is 0 Å². The van der Waals surface area contributed by atoms with E-state index in [1.54, 1.807) is 0 Å². The van der Waals surface area contributed by atoms with E-state index in [2.05, 4.69) is 0 Å². The minimum Gasteiger partial charge on any atom is -0.323 e. The molecule has 20 nitrogen and oxygen atoms in total. The summed E-state index contributed by atoms with van der Waals surface area (Å²) in [5.74, 6) is 0. The van der Waals surface area contributed by atoms with Crippen molar-refractivity contribution in [1.82, 2.24) is 14.7 Å². The van der Waals surface area contributed by atoms with Gasteiger partial charge in [-0.1, -0.05) is 0 Å². The van der Waals surface area contributed by atoms with Crippen molar-refractivity contribution >= 4 is 46.0 Å². The summed E-state index contributed by atoms with van der Waals surface area (Å²) < 4.78 is 70.9. The van der Waals surface area contributed by atoms with E-state index < -0.39 is 102 Å². The zero-order chi connectivity index (χ0) is 27.8. The molecule has 11 N–H and O–H groups in total. The Labute approximate surface area is 198 Å². The Morgan fingerprint density at radius 1 is 0.486 bits per heavy atom. The van der Waals surface area contributed by atoms with E-state index in [1.807, 2.05) is 0 Å². The summed E-state index contributed by atoms with van der Waals surface area (Å²) in [5, 5.41) is 0. The van der Waals surface area contributed by atoms with Gasteiger partial charge >= 0.3 is 51.5 Å². The molecule has 1 fully saturated rings. The zero-order valence-electron chi connectivity index (χ0n) is 17.4. The van der Waals surface area contributed by atoms with Gasteiger partial charge < -0.3 is 48.9 Å². The lowest BCUT2D eigenvalue weighted by Crippen LogP contribution is -2.44. The van der Waals surface area contributed by atoms with Gasteiger partial charge in [-0.15, -0.1) is 0 Å². The molecule has 208 valence electrons. The lowest BCUT2D eigenvalue weighted by atomic mass is 10.5. The van der Waals surface area contributed by atoms with E-state index in [-0.39, 0.29) is 0 Å². The molecule has 35 heavy (non-hydrogen) atoms.